The maximum Gasteiger partial charge on any atom is 0.508 e. The molecule has 188 valence electrons. The first-order chi connectivity index (χ1) is 15.5. The van der Waals surface area contributed by atoms with E-state index >= 15 is 0 Å². The van der Waals surface area contributed by atoms with Crippen LogP contribution in [0.5, 0.6) is 0 Å². The molecule has 32 heavy (non-hydrogen) atoms. The molecule has 0 aromatic carbocycles. The van der Waals surface area contributed by atoms with Gasteiger partial charge in [0.2, 0.25) is 0 Å². The van der Waals surface area contributed by atoms with E-state index in [4.69, 9.17) is 14.2 Å². The van der Waals surface area contributed by atoms with Crippen molar-refractivity contribution in [1.29, 1.82) is 0 Å². The van der Waals surface area contributed by atoms with Crippen molar-refractivity contribution in [2.24, 2.45) is 17.8 Å². The molecule has 0 N–H and O–H groups in total. The van der Waals surface area contributed by atoms with E-state index < -0.39 is 6.16 Å². The van der Waals surface area contributed by atoms with Crippen molar-refractivity contribution in [3.63, 3.8) is 0 Å². The van der Waals surface area contributed by atoms with Gasteiger partial charge in [-0.2, -0.15) is 0 Å². The van der Waals surface area contributed by atoms with E-state index in [1.54, 1.807) is 0 Å². The summed E-state index contributed by atoms with van der Waals surface area (Å²) in [6.45, 7) is 9.80. The number of carbonyl (C=O) groups is 1. The lowest BCUT2D eigenvalue weighted by Crippen LogP contribution is -2.38. The third-order valence-corrected chi connectivity index (χ3v) is 7.68. The molecule has 0 amide bonds. The number of hydrogen-bond donors (Lipinski definition) is 0. The number of ether oxygens (including phenoxy) is 3. The minimum absolute atomic E-state index is 0.00581. The van der Waals surface area contributed by atoms with Crippen LogP contribution in [0.15, 0.2) is 0 Å². The molecular formula is C28H52O4. The average molecular weight is 453 g/mol. The summed E-state index contributed by atoms with van der Waals surface area (Å²) in [6.07, 6.45) is 18.8. The van der Waals surface area contributed by atoms with Gasteiger partial charge in [0.15, 0.2) is 0 Å². The molecule has 0 unspecified atom stereocenters. The van der Waals surface area contributed by atoms with Crippen LogP contribution in [0.2, 0.25) is 0 Å². The first kappa shape index (κ1) is 27.5. The molecule has 5 atom stereocenters. The lowest BCUT2D eigenvalue weighted by molar-refractivity contribution is -0.0749. The molecule has 0 spiro atoms. The monoisotopic (exact) mass is 452 g/mol. The summed E-state index contributed by atoms with van der Waals surface area (Å²) in [6, 6.07) is 0. The summed E-state index contributed by atoms with van der Waals surface area (Å²) in [5.74, 6) is 1.59. The number of hydrogen-bond acceptors (Lipinski definition) is 4. The fraction of sp³-hybridized carbons (Fsp3) is 0.964. The van der Waals surface area contributed by atoms with Crippen LogP contribution in [0.1, 0.15) is 130 Å². The lowest BCUT2D eigenvalue weighted by atomic mass is 9.75. The van der Waals surface area contributed by atoms with E-state index in [2.05, 4.69) is 27.7 Å². The van der Waals surface area contributed by atoms with E-state index in [1.807, 2.05) is 0 Å². The number of unbranched alkanes of at least 4 members (excludes halogenated alkanes) is 9. The van der Waals surface area contributed by atoms with Crippen LogP contribution in [0, 0.1) is 17.8 Å². The van der Waals surface area contributed by atoms with Gasteiger partial charge in [-0.05, 0) is 56.3 Å². The van der Waals surface area contributed by atoms with Crippen LogP contribution in [0.4, 0.5) is 4.79 Å². The molecule has 2 aliphatic rings. The predicted molar refractivity (Wildman–Crippen MR) is 132 cm³/mol. The molecule has 1 aliphatic heterocycles. The van der Waals surface area contributed by atoms with Crippen LogP contribution in [-0.4, -0.2) is 31.1 Å². The maximum absolute atomic E-state index is 12.7. The van der Waals surface area contributed by atoms with Crippen molar-refractivity contribution >= 4 is 6.16 Å². The number of rotatable bonds is 15. The highest BCUT2D eigenvalue weighted by Gasteiger charge is 2.35. The lowest BCUT2D eigenvalue weighted by Gasteiger charge is -2.36. The van der Waals surface area contributed by atoms with E-state index in [9.17, 15) is 4.79 Å². The molecule has 1 heterocycles. The van der Waals surface area contributed by atoms with Crippen LogP contribution in [-0.2, 0) is 14.2 Å². The molecule has 0 bridgehead atoms. The third kappa shape index (κ3) is 10.4. The zero-order valence-electron chi connectivity index (χ0n) is 21.6. The molecule has 1 saturated carbocycles. The smallest absolute Gasteiger partial charge is 0.431 e. The van der Waals surface area contributed by atoms with Crippen LogP contribution >= 0.6 is 0 Å². The molecule has 0 aromatic rings. The zero-order valence-corrected chi connectivity index (χ0v) is 21.6. The first-order valence-corrected chi connectivity index (χ1v) is 14.0. The topological polar surface area (TPSA) is 44.8 Å². The Hall–Kier alpha value is -0.770. The third-order valence-electron chi connectivity index (χ3n) is 7.68. The Kier molecular flexibility index (Phi) is 13.7. The molecule has 0 radical (unpaired) electrons. The van der Waals surface area contributed by atoms with Gasteiger partial charge in [-0.25, -0.2) is 4.79 Å². The predicted octanol–water partition coefficient (Wildman–Crippen LogP) is 8.46. The summed E-state index contributed by atoms with van der Waals surface area (Å²) >= 11 is 0. The van der Waals surface area contributed by atoms with E-state index in [0.717, 1.165) is 45.1 Å². The van der Waals surface area contributed by atoms with Crippen molar-refractivity contribution in [1.82, 2.24) is 0 Å². The molecule has 2 fully saturated rings. The summed E-state index contributed by atoms with van der Waals surface area (Å²) in [4.78, 5) is 12.7. The van der Waals surface area contributed by atoms with E-state index in [-0.39, 0.29) is 18.3 Å². The Morgan fingerprint density at radius 3 is 2.19 bits per heavy atom. The van der Waals surface area contributed by atoms with Crippen molar-refractivity contribution in [3.8, 4) is 0 Å². The molecule has 4 heteroatoms. The standard InChI is InChI=1S/C28H52O4/c1-5-6-7-8-9-10-11-12-13-14-16-26(25-17-15-20-30-25)31-28(29)32-27-21-23(4)18-19-24(27)22(2)3/h22-27H,5-21H2,1-4H3/t23-,24+,25-,26-,27-/m0/s1. The minimum atomic E-state index is -0.470. The SMILES string of the molecule is CCCCCCCCCCCC[C@H](OC(=O)O[C@H]1C[C@@H](C)CC[C@@H]1C(C)C)[C@@H]1CCCO1. The highest BCUT2D eigenvalue weighted by Crippen LogP contribution is 2.35. The normalized spacial score (nSPS) is 26.9. The van der Waals surface area contributed by atoms with Crippen molar-refractivity contribution in [2.75, 3.05) is 6.61 Å². The molecule has 1 aliphatic carbocycles. The second-order valence-corrected chi connectivity index (χ2v) is 10.9. The highest BCUT2D eigenvalue weighted by atomic mass is 16.7. The van der Waals surface area contributed by atoms with Gasteiger partial charge < -0.3 is 14.2 Å². The summed E-state index contributed by atoms with van der Waals surface area (Å²) in [5.41, 5.74) is 0. The zero-order chi connectivity index (χ0) is 23.2. The highest BCUT2D eigenvalue weighted by molar-refractivity contribution is 5.60. The van der Waals surface area contributed by atoms with Gasteiger partial charge in [0, 0.05) is 6.61 Å². The Bertz CT molecular complexity index is 486. The maximum atomic E-state index is 12.7. The van der Waals surface area contributed by atoms with Gasteiger partial charge in [0.05, 0.1) is 6.10 Å². The molecule has 4 nitrogen and oxygen atoms in total. The molecule has 0 aromatic heterocycles. The van der Waals surface area contributed by atoms with Crippen LogP contribution in [0.25, 0.3) is 0 Å². The molecule has 1 saturated heterocycles. The average Bonchev–Trinajstić information content (AvgIpc) is 3.29. The quantitative estimate of drug-likeness (QED) is 0.185. The largest absolute Gasteiger partial charge is 0.508 e. The summed E-state index contributed by atoms with van der Waals surface area (Å²) in [7, 11) is 0. The van der Waals surface area contributed by atoms with E-state index in [1.165, 1.54) is 64.2 Å². The van der Waals surface area contributed by atoms with Crippen molar-refractivity contribution < 1.29 is 19.0 Å². The van der Waals surface area contributed by atoms with Crippen LogP contribution in [0.3, 0.4) is 0 Å². The van der Waals surface area contributed by atoms with Crippen LogP contribution < -0.4 is 0 Å². The Balaban J connectivity index is 1.70. The Labute approximate surface area is 198 Å². The fourth-order valence-electron chi connectivity index (χ4n) is 5.57. The minimum Gasteiger partial charge on any atom is -0.431 e. The second-order valence-electron chi connectivity index (χ2n) is 10.9. The first-order valence-electron chi connectivity index (χ1n) is 14.0. The molecule has 2 rings (SSSR count). The Morgan fingerprint density at radius 1 is 0.938 bits per heavy atom. The Morgan fingerprint density at radius 2 is 1.59 bits per heavy atom. The van der Waals surface area contributed by atoms with E-state index in [0.29, 0.717) is 17.8 Å². The molecular weight excluding hydrogens is 400 g/mol. The summed E-state index contributed by atoms with van der Waals surface area (Å²) < 4.78 is 17.7. The summed E-state index contributed by atoms with van der Waals surface area (Å²) in [5, 5.41) is 0. The van der Waals surface area contributed by atoms with Crippen molar-refractivity contribution in [3.05, 3.63) is 0 Å². The van der Waals surface area contributed by atoms with Gasteiger partial charge in [-0.15, -0.1) is 0 Å². The number of carbonyl (C=O) groups excluding carboxylic acids is 1. The van der Waals surface area contributed by atoms with Gasteiger partial charge in [0.25, 0.3) is 0 Å². The van der Waals surface area contributed by atoms with Gasteiger partial charge in [-0.3, -0.25) is 0 Å². The fourth-order valence-corrected chi connectivity index (χ4v) is 5.57. The second kappa shape index (κ2) is 16.0. The van der Waals surface area contributed by atoms with Crippen molar-refractivity contribution in [2.45, 2.75) is 149 Å². The van der Waals surface area contributed by atoms with Gasteiger partial charge in [-0.1, -0.05) is 91.9 Å². The van der Waals surface area contributed by atoms with Gasteiger partial charge in [0.1, 0.15) is 12.2 Å². The van der Waals surface area contributed by atoms with Gasteiger partial charge >= 0.3 is 6.16 Å².